The monoisotopic (exact) mass is 364 g/mol. The van der Waals surface area contributed by atoms with Gasteiger partial charge in [-0.15, -0.1) is 5.11 Å². The van der Waals surface area contributed by atoms with Crippen LogP contribution in [0, 0.1) is 6.92 Å². The fourth-order valence-corrected chi connectivity index (χ4v) is 3.59. The summed E-state index contributed by atoms with van der Waals surface area (Å²) in [7, 11) is 3.34. The van der Waals surface area contributed by atoms with Crippen LogP contribution >= 0.6 is 0 Å². The standard InChI is InChI=1S/C21H24N4O2/c1-14-10-15-11-16(6-7-17(15)22-14)23-24-18-12-21(27-3)19(13-20(18)26-2)25-8-4-5-9-25/h6-7,10-13,22H,4-5,8-9H2,1-3H3/b24-23+. The van der Waals surface area contributed by atoms with Crippen molar-refractivity contribution in [3.05, 3.63) is 42.1 Å². The highest BCUT2D eigenvalue weighted by atomic mass is 16.5. The van der Waals surface area contributed by atoms with Crippen LogP contribution in [0.1, 0.15) is 18.5 Å². The number of aromatic nitrogens is 1. The molecule has 0 radical (unpaired) electrons. The molecule has 6 nitrogen and oxygen atoms in total. The topological polar surface area (TPSA) is 62.2 Å². The van der Waals surface area contributed by atoms with Crippen molar-refractivity contribution in [3.8, 4) is 11.5 Å². The number of hydrogen-bond acceptors (Lipinski definition) is 5. The largest absolute Gasteiger partial charge is 0.494 e. The number of ether oxygens (including phenoxy) is 2. The second kappa shape index (κ2) is 7.31. The number of nitrogens with zero attached hydrogens (tertiary/aromatic N) is 3. The Hall–Kier alpha value is -3.02. The third-order valence-electron chi connectivity index (χ3n) is 4.94. The normalized spacial score (nSPS) is 14.4. The smallest absolute Gasteiger partial charge is 0.148 e. The number of methoxy groups -OCH3 is 2. The Morgan fingerprint density at radius 2 is 1.70 bits per heavy atom. The number of aromatic amines is 1. The summed E-state index contributed by atoms with van der Waals surface area (Å²) in [4.78, 5) is 5.64. The molecule has 1 aromatic heterocycles. The zero-order valence-electron chi connectivity index (χ0n) is 16.0. The van der Waals surface area contributed by atoms with Crippen molar-refractivity contribution in [1.82, 2.24) is 4.98 Å². The van der Waals surface area contributed by atoms with E-state index in [-0.39, 0.29) is 0 Å². The molecule has 0 unspecified atom stereocenters. The van der Waals surface area contributed by atoms with Gasteiger partial charge in [-0.2, -0.15) is 5.11 Å². The maximum atomic E-state index is 5.61. The molecule has 0 spiro atoms. The number of aryl methyl sites for hydroxylation is 1. The van der Waals surface area contributed by atoms with Gasteiger partial charge in [0.15, 0.2) is 0 Å². The molecule has 3 aromatic rings. The summed E-state index contributed by atoms with van der Waals surface area (Å²) in [5, 5.41) is 9.96. The lowest BCUT2D eigenvalue weighted by molar-refractivity contribution is 0.404. The van der Waals surface area contributed by atoms with Crippen molar-refractivity contribution in [2.75, 3.05) is 32.2 Å². The molecular weight excluding hydrogens is 340 g/mol. The Morgan fingerprint density at radius 3 is 2.44 bits per heavy atom. The van der Waals surface area contributed by atoms with E-state index in [1.54, 1.807) is 14.2 Å². The Labute approximate surface area is 158 Å². The third kappa shape index (κ3) is 3.47. The van der Waals surface area contributed by atoms with Crippen LogP contribution in [0.4, 0.5) is 17.1 Å². The van der Waals surface area contributed by atoms with Crippen LogP contribution in [0.3, 0.4) is 0 Å². The summed E-state index contributed by atoms with van der Waals surface area (Å²) in [6, 6.07) is 12.0. The molecule has 1 saturated heterocycles. The Kier molecular flexibility index (Phi) is 4.71. The zero-order valence-corrected chi connectivity index (χ0v) is 16.0. The van der Waals surface area contributed by atoms with Crippen LogP contribution in [0.5, 0.6) is 11.5 Å². The summed E-state index contributed by atoms with van der Waals surface area (Å²) < 4.78 is 11.2. The van der Waals surface area contributed by atoms with Gasteiger partial charge in [-0.1, -0.05) is 0 Å². The number of benzene rings is 2. The molecule has 0 aliphatic carbocycles. The second-order valence-electron chi connectivity index (χ2n) is 6.81. The average Bonchev–Trinajstić information content (AvgIpc) is 3.33. The lowest BCUT2D eigenvalue weighted by atomic mass is 10.2. The number of anilines is 1. The van der Waals surface area contributed by atoms with Crippen molar-refractivity contribution in [2.24, 2.45) is 10.2 Å². The van der Waals surface area contributed by atoms with Crippen molar-refractivity contribution in [1.29, 1.82) is 0 Å². The molecule has 0 amide bonds. The molecule has 1 aliphatic heterocycles. The predicted octanol–water partition coefficient (Wildman–Crippen LogP) is 5.51. The highest BCUT2D eigenvalue weighted by molar-refractivity contribution is 5.83. The van der Waals surface area contributed by atoms with Crippen LogP contribution in [0.25, 0.3) is 10.9 Å². The van der Waals surface area contributed by atoms with E-state index in [1.165, 1.54) is 12.8 Å². The molecule has 1 fully saturated rings. The van der Waals surface area contributed by atoms with Gasteiger partial charge in [-0.25, -0.2) is 0 Å². The van der Waals surface area contributed by atoms with Gasteiger partial charge >= 0.3 is 0 Å². The quantitative estimate of drug-likeness (QED) is 0.607. The molecular formula is C21H24N4O2. The van der Waals surface area contributed by atoms with Gasteiger partial charge in [0, 0.05) is 41.8 Å². The zero-order chi connectivity index (χ0) is 18.8. The maximum absolute atomic E-state index is 5.61. The molecule has 2 aromatic carbocycles. The molecule has 1 N–H and O–H groups in total. The number of fused-ring (bicyclic) bond motifs is 1. The van der Waals surface area contributed by atoms with Gasteiger partial charge in [-0.3, -0.25) is 0 Å². The van der Waals surface area contributed by atoms with E-state index < -0.39 is 0 Å². The summed E-state index contributed by atoms with van der Waals surface area (Å²) in [6.07, 6.45) is 2.40. The molecule has 0 bridgehead atoms. The summed E-state index contributed by atoms with van der Waals surface area (Å²) in [6.45, 7) is 4.12. The third-order valence-corrected chi connectivity index (χ3v) is 4.94. The second-order valence-corrected chi connectivity index (χ2v) is 6.81. The predicted molar refractivity (Wildman–Crippen MR) is 108 cm³/mol. The van der Waals surface area contributed by atoms with Crippen LogP contribution in [0.15, 0.2) is 46.6 Å². The number of azo groups is 1. The first kappa shape index (κ1) is 17.4. The van der Waals surface area contributed by atoms with Gasteiger partial charge in [0.05, 0.1) is 25.6 Å². The molecule has 1 aliphatic rings. The highest BCUT2D eigenvalue weighted by Gasteiger charge is 2.19. The van der Waals surface area contributed by atoms with Gasteiger partial charge in [0.25, 0.3) is 0 Å². The minimum absolute atomic E-state index is 0.655. The first-order valence-electron chi connectivity index (χ1n) is 9.20. The number of nitrogens with one attached hydrogen (secondary N) is 1. The Bertz CT molecular complexity index is 987. The number of hydrogen-bond donors (Lipinski definition) is 1. The van der Waals surface area contributed by atoms with Crippen LogP contribution in [0.2, 0.25) is 0 Å². The number of rotatable bonds is 5. The minimum Gasteiger partial charge on any atom is -0.494 e. The van der Waals surface area contributed by atoms with Crippen molar-refractivity contribution < 1.29 is 9.47 Å². The van der Waals surface area contributed by atoms with Crippen LogP contribution < -0.4 is 14.4 Å². The van der Waals surface area contributed by atoms with Gasteiger partial charge < -0.3 is 19.4 Å². The SMILES string of the molecule is COc1cc(N2CCCC2)c(OC)cc1/N=N/c1ccc2[nH]c(C)cc2c1. The molecule has 4 rings (SSSR count). The van der Waals surface area contributed by atoms with E-state index in [2.05, 4.69) is 26.2 Å². The summed E-state index contributed by atoms with van der Waals surface area (Å²) in [5.74, 6) is 1.49. The first-order chi connectivity index (χ1) is 13.2. The van der Waals surface area contributed by atoms with E-state index in [9.17, 15) is 0 Å². The molecule has 140 valence electrons. The highest BCUT2D eigenvalue weighted by Crippen LogP contribution is 2.41. The van der Waals surface area contributed by atoms with Gasteiger partial charge in [0.2, 0.25) is 0 Å². The van der Waals surface area contributed by atoms with Crippen molar-refractivity contribution in [3.63, 3.8) is 0 Å². The minimum atomic E-state index is 0.655. The van der Waals surface area contributed by atoms with Gasteiger partial charge in [-0.05, 0) is 44.0 Å². The molecule has 6 heteroatoms. The van der Waals surface area contributed by atoms with Gasteiger partial charge in [0.1, 0.15) is 17.2 Å². The Morgan fingerprint density at radius 1 is 0.926 bits per heavy atom. The molecule has 2 heterocycles. The fraction of sp³-hybridized carbons (Fsp3) is 0.333. The summed E-state index contributed by atoms with van der Waals surface area (Å²) >= 11 is 0. The van der Waals surface area contributed by atoms with E-state index >= 15 is 0 Å². The average molecular weight is 364 g/mol. The van der Waals surface area contributed by atoms with Crippen LogP contribution in [-0.2, 0) is 0 Å². The van der Waals surface area contributed by atoms with E-state index in [0.29, 0.717) is 11.4 Å². The van der Waals surface area contributed by atoms with Crippen molar-refractivity contribution >= 4 is 28.0 Å². The lowest BCUT2D eigenvalue weighted by Gasteiger charge is -2.21. The number of H-pyrrole nitrogens is 1. The molecule has 0 atom stereocenters. The van der Waals surface area contributed by atoms with Crippen LogP contribution in [-0.4, -0.2) is 32.3 Å². The van der Waals surface area contributed by atoms with Crippen molar-refractivity contribution in [2.45, 2.75) is 19.8 Å². The van der Waals surface area contributed by atoms with E-state index in [0.717, 1.165) is 46.8 Å². The first-order valence-corrected chi connectivity index (χ1v) is 9.20. The summed E-state index contributed by atoms with van der Waals surface area (Å²) in [5.41, 5.74) is 4.73. The van der Waals surface area contributed by atoms with E-state index in [4.69, 9.17) is 9.47 Å². The Balaban J connectivity index is 1.67. The molecule has 0 saturated carbocycles. The maximum Gasteiger partial charge on any atom is 0.148 e. The lowest BCUT2D eigenvalue weighted by Crippen LogP contribution is -2.18. The van der Waals surface area contributed by atoms with E-state index in [1.807, 2.05) is 37.3 Å². The molecule has 27 heavy (non-hydrogen) atoms. The fourth-order valence-electron chi connectivity index (χ4n) is 3.59.